The van der Waals surface area contributed by atoms with Crippen LogP contribution in [0.3, 0.4) is 0 Å². The SMILES string of the molecule is CCCCN(C)CCCNC(=O)c1cc(-c2ccc(Cl)s2)nc2ccccc12. The minimum Gasteiger partial charge on any atom is -0.352 e. The molecule has 6 heteroatoms. The topological polar surface area (TPSA) is 45.2 Å². The van der Waals surface area contributed by atoms with Crippen LogP contribution in [0.5, 0.6) is 0 Å². The van der Waals surface area contributed by atoms with Gasteiger partial charge in [-0.05, 0) is 57.2 Å². The van der Waals surface area contributed by atoms with Crippen LogP contribution in [0.4, 0.5) is 0 Å². The zero-order valence-corrected chi connectivity index (χ0v) is 17.9. The molecule has 2 aromatic heterocycles. The van der Waals surface area contributed by atoms with Crippen LogP contribution in [0.1, 0.15) is 36.5 Å². The molecule has 0 bridgehead atoms. The van der Waals surface area contributed by atoms with Gasteiger partial charge in [-0.25, -0.2) is 4.98 Å². The predicted molar refractivity (Wildman–Crippen MR) is 119 cm³/mol. The zero-order chi connectivity index (χ0) is 19.9. The Kier molecular flexibility index (Phi) is 7.43. The number of thiophene rings is 1. The lowest BCUT2D eigenvalue weighted by Gasteiger charge is -2.16. The first-order valence-corrected chi connectivity index (χ1v) is 10.9. The van der Waals surface area contributed by atoms with Crippen LogP contribution >= 0.6 is 22.9 Å². The second-order valence-electron chi connectivity index (χ2n) is 6.94. The van der Waals surface area contributed by atoms with Crippen LogP contribution in [0.15, 0.2) is 42.5 Å². The lowest BCUT2D eigenvalue weighted by Crippen LogP contribution is -2.28. The molecule has 2 heterocycles. The van der Waals surface area contributed by atoms with Crippen LogP contribution in [0.25, 0.3) is 21.5 Å². The molecule has 0 saturated heterocycles. The highest BCUT2D eigenvalue weighted by atomic mass is 35.5. The number of halogens is 1. The van der Waals surface area contributed by atoms with Crippen molar-refractivity contribution in [3.05, 3.63) is 52.4 Å². The largest absolute Gasteiger partial charge is 0.352 e. The first-order chi connectivity index (χ1) is 13.6. The summed E-state index contributed by atoms with van der Waals surface area (Å²) in [5, 5.41) is 3.94. The van der Waals surface area contributed by atoms with E-state index in [1.807, 2.05) is 42.5 Å². The molecule has 1 aromatic carbocycles. The van der Waals surface area contributed by atoms with Crippen molar-refractivity contribution in [2.45, 2.75) is 26.2 Å². The Labute approximate surface area is 175 Å². The third kappa shape index (κ3) is 5.31. The molecule has 28 heavy (non-hydrogen) atoms. The second-order valence-corrected chi connectivity index (χ2v) is 8.66. The maximum atomic E-state index is 12.9. The van der Waals surface area contributed by atoms with Gasteiger partial charge in [0.2, 0.25) is 0 Å². The van der Waals surface area contributed by atoms with Gasteiger partial charge in [0.25, 0.3) is 5.91 Å². The van der Waals surface area contributed by atoms with Gasteiger partial charge in [-0.3, -0.25) is 4.79 Å². The molecule has 0 radical (unpaired) electrons. The number of amides is 1. The molecule has 0 aliphatic heterocycles. The molecule has 0 aliphatic rings. The van der Waals surface area contributed by atoms with Crippen LogP contribution < -0.4 is 5.32 Å². The molecule has 1 amide bonds. The molecule has 0 unspecified atom stereocenters. The number of pyridine rings is 1. The predicted octanol–water partition coefficient (Wildman–Crippen LogP) is 5.47. The number of nitrogens with zero attached hydrogens (tertiary/aromatic N) is 2. The Bertz CT molecular complexity index is 940. The molecule has 0 fully saturated rings. The summed E-state index contributed by atoms with van der Waals surface area (Å²) in [7, 11) is 2.13. The molecule has 3 rings (SSSR count). The van der Waals surface area contributed by atoms with Gasteiger partial charge in [-0.2, -0.15) is 0 Å². The van der Waals surface area contributed by atoms with Crippen molar-refractivity contribution in [2.24, 2.45) is 0 Å². The number of benzene rings is 1. The summed E-state index contributed by atoms with van der Waals surface area (Å²) >= 11 is 7.55. The highest BCUT2D eigenvalue weighted by molar-refractivity contribution is 7.19. The quantitative estimate of drug-likeness (QED) is 0.471. The van der Waals surface area contributed by atoms with E-state index in [0.29, 0.717) is 16.4 Å². The van der Waals surface area contributed by atoms with Crippen molar-refractivity contribution in [3.8, 4) is 10.6 Å². The Balaban J connectivity index is 1.73. The summed E-state index contributed by atoms with van der Waals surface area (Å²) in [5.41, 5.74) is 2.25. The molecule has 0 aliphatic carbocycles. The van der Waals surface area contributed by atoms with Gasteiger partial charge in [-0.1, -0.05) is 43.1 Å². The maximum absolute atomic E-state index is 12.9. The van der Waals surface area contributed by atoms with E-state index < -0.39 is 0 Å². The van der Waals surface area contributed by atoms with E-state index in [2.05, 4.69) is 24.2 Å². The van der Waals surface area contributed by atoms with Gasteiger partial charge >= 0.3 is 0 Å². The second kappa shape index (κ2) is 10.0. The average molecular weight is 416 g/mol. The molecule has 1 N–H and O–H groups in total. The van der Waals surface area contributed by atoms with Gasteiger partial charge in [-0.15, -0.1) is 11.3 Å². The van der Waals surface area contributed by atoms with E-state index in [0.717, 1.165) is 41.0 Å². The number of carbonyl (C=O) groups is 1. The maximum Gasteiger partial charge on any atom is 0.252 e. The van der Waals surface area contributed by atoms with Gasteiger partial charge in [0.05, 0.1) is 26.0 Å². The van der Waals surface area contributed by atoms with Crippen LogP contribution in [-0.4, -0.2) is 42.5 Å². The number of hydrogen-bond donors (Lipinski definition) is 1. The van der Waals surface area contributed by atoms with Crippen LogP contribution in [-0.2, 0) is 0 Å². The summed E-state index contributed by atoms with van der Waals surface area (Å²) < 4.78 is 0.711. The van der Waals surface area contributed by atoms with Gasteiger partial charge < -0.3 is 10.2 Å². The summed E-state index contributed by atoms with van der Waals surface area (Å²) in [4.78, 5) is 20.9. The van der Waals surface area contributed by atoms with Crippen molar-refractivity contribution >= 4 is 39.7 Å². The molecule has 3 aromatic rings. The van der Waals surface area contributed by atoms with E-state index in [1.54, 1.807) is 0 Å². The van der Waals surface area contributed by atoms with Crippen molar-refractivity contribution in [1.29, 1.82) is 0 Å². The average Bonchev–Trinajstić information content (AvgIpc) is 3.15. The smallest absolute Gasteiger partial charge is 0.252 e. The molecule has 148 valence electrons. The number of hydrogen-bond acceptors (Lipinski definition) is 4. The summed E-state index contributed by atoms with van der Waals surface area (Å²) in [5.74, 6) is -0.0567. The summed E-state index contributed by atoms with van der Waals surface area (Å²) in [6.45, 7) is 4.94. The highest BCUT2D eigenvalue weighted by Gasteiger charge is 2.14. The number of carbonyl (C=O) groups excluding carboxylic acids is 1. The minimum absolute atomic E-state index is 0.0567. The lowest BCUT2D eigenvalue weighted by molar-refractivity contribution is 0.0953. The Morgan fingerprint density at radius 3 is 2.71 bits per heavy atom. The molecule has 0 saturated carbocycles. The number of para-hydroxylation sites is 1. The van der Waals surface area contributed by atoms with E-state index in [1.165, 1.54) is 24.2 Å². The third-order valence-electron chi connectivity index (χ3n) is 4.68. The number of rotatable bonds is 9. The van der Waals surface area contributed by atoms with Crippen molar-refractivity contribution < 1.29 is 4.79 Å². The molecular formula is C22H26ClN3OS. The number of aromatic nitrogens is 1. The normalized spacial score (nSPS) is 11.3. The number of nitrogens with one attached hydrogen (secondary N) is 1. The van der Waals surface area contributed by atoms with Crippen molar-refractivity contribution in [1.82, 2.24) is 15.2 Å². The fourth-order valence-electron chi connectivity index (χ4n) is 3.13. The third-order valence-corrected chi connectivity index (χ3v) is 5.94. The van der Waals surface area contributed by atoms with E-state index >= 15 is 0 Å². The van der Waals surface area contributed by atoms with Crippen LogP contribution in [0.2, 0.25) is 4.34 Å². The van der Waals surface area contributed by atoms with Gasteiger partial charge in [0.15, 0.2) is 0 Å². The van der Waals surface area contributed by atoms with Crippen LogP contribution in [0, 0.1) is 0 Å². The standard InChI is InChI=1S/C22H26ClN3OS/c1-3-4-13-26(2)14-7-12-24-22(27)17-15-19(20-10-11-21(23)28-20)25-18-9-6-5-8-16(17)18/h5-6,8-11,15H,3-4,7,12-14H2,1-2H3,(H,24,27). The number of unbranched alkanes of at least 4 members (excludes halogenated alkanes) is 1. The zero-order valence-electron chi connectivity index (χ0n) is 16.4. The van der Waals surface area contributed by atoms with E-state index in [4.69, 9.17) is 16.6 Å². The summed E-state index contributed by atoms with van der Waals surface area (Å²) in [6.07, 6.45) is 3.34. The first kappa shape index (κ1) is 20.8. The van der Waals surface area contributed by atoms with Crippen molar-refractivity contribution in [2.75, 3.05) is 26.7 Å². The Morgan fingerprint density at radius 2 is 1.96 bits per heavy atom. The highest BCUT2D eigenvalue weighted by Crippen LogP contribution is 2.32. The minimum atomic E-state index is -0.0567. The summed E-state index contributed by atoms with van der Waals surface area (Å²) in [6, 6.07) is 13.4. The Hall–Kier alpha value is -1.95. The van der Waals surface area contributed by atoms with Gasteiger partial charge in [0.1, 0.15) is 0 Å². The molecule has 0 atom stereocenters. The van der Waals surface area contributed by atoms with E-state index in [9.17, 15) is 4.79 Å². The van der Waals surface area contributed by atoms with Gasteiger partial charge in [0, 0.05) is 11.9 Å². The Morgan fingerprint density at radius 1 is 1.18 bits per heavy atom. The fourth-order valence-corrected chi connectivity index (χ4v) is 4.13. The monoisotopic (exact) mass is 415 g/mol. The molecule has 4 nitrogen and oxygen atoms in total. The molecular weight excluding hydrogens is 390 g/mol. The number of fused-ring (bicyclic) bond motifs is 1. The molecule has 0 spiro atoms. The fraction of sp³-hybridized carbons (Fsp3) is 0.364. The van der Waals surface area contributed by atoms with E-state index in [-0.39, 0.29) is 5.91 Å². The first-order valence-electron chi connectivity index (χ1n) is 9.70. The lowest BCUT2D eigenvalue weighted by atomic mass is 10.1. The van der Waals surface area contributed by atoms with Crippen molar-refractivity contribution in [3.63, 3.8) is 0 Å².